The minimum atomic E-state index is -0.620. The van der Waals surface area contributed by atoms with Gasteiger partial charge in [-0.15, -0.1) is 0 Å². The summed E-state index contributed by atoms with van der Waals surface area (Å²) in [5, 5.41) is 16.3. The molecule has 1 unspecified atom stereocenters. The predicted molar refractivity (Wildman–Crippen MR) is 66.6 cm³/mol. The minimum absolute atomic E-state index is 0.0947. The van der Waals surface area contributed by atoms with E-state index < -0.39 is 5.60 Å². The third-order valence-corrected chi connectivity index (χ3v) is 4.09. The van der Waals surface area contributed by atoms with Gasteiger partial charge in [0.1, 0.15) is 0 Å². The summed E-state index contributed by atoms with van der Waals surface area (Å²) in [6.45, 7) is 2.58. The van der Waals surface area contributed by atoms with Gasteiger partial charge in [-0.3, -0.25) is 4.79 Å². The van der Waals surface area contributed by atoms with Crippen molar-refractivity contribution in [1.29, 1.82) is 0 Å². The van der Waals surface area contributed by atoms with Crippen LogP contribution >= 0.6 is 0 Å². The molecule has 2 aliphatic rings. The van der Waals surface area contributed by atoms with E-state index >= 15 is 0 Å². The molecular weight excluding hydrogens is 216 g/mol. The number of nitrogens with one attached hydrogen (secondary N) is 2. The zero-order valence-electron chi connectivity index (χ0n) is 10.5. The first-order valence-corrected chi connectivity index (χ1v) is 6.88. The Kier molecular flexibility index (Phi) is 4.40. The second-order valence-corrected chi connectivity index (χ2v) is 5.61. The fourth-order valence-corrected chi connectivity index (χ4v) is 2.86. The standard InChI is InChI=1S/C13H24N2O2/c16-12(4-3-11-5-8-14-9-11)15-10-13(17)6-1-2-7-13/h11,14,17H,1-10H2,(H,15,16). The molecule has 0 aromatic heterocycles. The van der Waals surface area contributed by atoms with Crippen LogP contribution in [0.3, 0.4) is 0 Å². The van der Waals surface area contributed by atoms with Crippen LogP contribution in [-0.4, -0.2) is 36.2 Å². The summed E-state index contributed by atoms with van der Waals surface area (Å²) in [5.74, 6) is 0.757. The molecule has 1 saturated carbocycles. The fraction of sp³-hybridized carbons (Fsp3) is 0.923. The lowest BCUT2D eigenvalue weighted by atomic mass is 10.0. The molecule has 1 saturated heterocycles. The Morgan fingerprint density at radius 1 is 1.41 bits per heavy atom. The van der Waals surface area contributed by atoms with E-state index in [2.05, 4.69) is 10.6 Å². The van der Waals surface area contributed by atoms with Gasteiger partial charge in [-0.1, -0.05) is 12.8 Å². The zero-order valence-corrected chi connectivity index (χ0v) is 10.5. The summed E-state index contributed by atoms with van der Waals surface area (Å²) in [7, 11) is 0. The Bertz CT molecular complexity index is 256. The summed E-state index contributed by atoms with van der Waals surface area (Å²) < 4.78 is 0. The van der Waals surface area contributed by atoms with Gasteiger partial charge in [0.15, 0.2) is 0 Å². The average molecular weight is 240 g/mol. The molecule has 0 aromatic rings. The number of carbonyl (C=O) groups excluding carboxylic acids is 1. The molecule has 1 amide bonds. The van der Waals surface area contributed by atoms with Crippen molar-refractivity contribution in [3.05, 3.63) is 0 Å². The minimum Gasteiger partial charge on any atom is -0.388 e. The third-order valence-electron chi connectivity index (χ3n) is 4.09. The van der Waals surface area contributed by atoms with E-state index in [9.17, 15) is 9.90 Å². The molecule has 1 aliphatic heterocycles. The average Bonchev–Trinajstić information content (AvgIpc) is 2.95. The number of hydrogen-bond donors (Lipinski definition) is 3. The Morgan fingerprint density at radius 3 is 2.82 bits per heavy atom. The van der Waals surface area contributed by atoms with Gasteiger partial charge in [0.05, 0.1) is 5.60 Å². The van der Waals surface area contributed by atoms with Gasteiger partial charge in [0.25, 0.3) is 0 Å². The Hall–Kier alpha value is -0.610. The molecule has 1 atom stereocenters. The smallest absolute Gasteiger partial charge is 0.220 e. The Morgan fingerprint density at radius 2 is 2.18 bits per heavy atom. The molecular formula is C13H24N2O2. The van der Waals surface area contributed by atoms with Crippen LogP contribution in [0.5, 0.6) is 0 Å². The topological polar surface area (TPSA) is 61.4 Å². The molecule has 4 heteroatoms. The molecule has 1 aliphatic carbocycles. The van der Waals surface area contributed by atoms with Gasteiger partial charge in [-0.05, 0) is 44.7 Å². The van der Waals surface area contributed by atoms with E-state index in [1.165, 1.54) is 6.42 Å². The third kappa shape index (κ3) is 3.96. The molecule has 0 radical (unpaired) electrons. The van der Waals surface area contributed by atoms with E-state index in [0.717, 1.165) is 45.2 Å². The maximum atomic E-state index is 11.7. The number of aliphatic hydroxyl groups is 1. The Balaban J connectivity index is 1.60. The van der Waals surface area contributed by atoms with Crippen LogP contribution in [0.25, 0.3) is 0 Å². The summed E-state index contributed by atoms with van der Waals surface area (Å²) >= 11 is 0. The molecule has 1 heterocycles. The van der Waals surface area contributed by atoms with Crippen molar-refractivity contribution >= 4 is 5.91 Å². The second kappa shape index (κ2) is 5.83. The number of rotatable bonds is 5. The summed E-state index contributed by atoms with van der Waals surface area (Å²) in [6, 6.07) is 0. The first-order valence-electron chi connectivity index (χ1n) is 6.88. The monoisotopic (exact) mass is 240 g/mol. The molecule has 0 spiro atoms. The van der Waals surface area contributed by atoms with Crippen LogP contribution in [0.2, 0.25) is 0 Å². The highest BCUT2D eigenvalue weighted by molar-refractivity contribution is 5.75. The quantitative estimate of drug-likeness (QED) is 0.666. The van der Waals surface area contributed by atoms with E-state index in [4.69, 9.17) is 0 Å². The van der Waals surface area contributed by atoms with E-state index in [1.54, 1.807) is 0 Å². The van der Waals surface area contributed by atoms with Crippen LogP contribution in [-0.2, 0) is 4.79 Å². The maximum Gasteiger partial charge on any atom is 0.220 e. The summed E-state index contributed by atoms with van der Waals surface area (Å²) in [5.41, 5.74) is -0.620. The van der Waals surface area contributed by atoms with Crippen molar-refractivity contribution in [2.45, 2.75) is 50.5 Å². The van der Waals surface area contributed by atoms with Crippen LogP contribution in [0, 0.1) is 5.92 Å². The molecule has 17 heavy (non-hydrogen) atoms. The van der Waals surface area contributed by atoms with E-state index in [0.29, 0.717) is 18.9 Å². The van der Waals surface area contributed by atoms with E-state index in [1.807, 2.05) is 0 Å². The van der Waals surface area contributed by atoms with Crippen molar-refractivity contribution in [1.82, 2.24) is 10.6 Å². The molecule has 2 fully saturated rings. The molecule has 98 valence electrons. The predicted octanol–water partition coefficient (Wildman–Crippen LogP) is 0.797. The summed E-state index contributed by atoms with van der Waals surface area (Å²) in [6.07, 6.45) is 6.59. The highest BCUT2D eigenvalue weighted by Gasteiger charge is 2.31. The van der Waals surface area contributed by atoms with Crippen molar-refractivity contribution in [2.24, 2.45) is 5.92 Å². The molecule has 0 bridgehead atoms. The van der Waals surface area contributed by atoms with Crippen molar-refractivity contribution < 1.29 is 9.90 Å². The lowest BCUT2D eigenvalue weighted by Crippen LogP contribution is -2.40. The highest BCUT2D eigenvalue weighted by atomic mass is 16.3. The van der Waals surface area contributed by atoms with Crippen molar-refractivity contribution in [2.75, 3.05) is 19.6 Å². The lowest BCUT2D eigenvalue weighted by molar-refractivity contribution is -0.122. The van der Waals surface area contributed by atoms with Crippen LogP contribution in [0.4, 0.5) is 0 Å². The lowest BCUT2D eigenvalue weighted by Gasteiger charge is -2.22. The van der Waals surface area contributed by atoms with Gasteiger partial charge in [-0.2, -0.15) is 0 Å². The molecule has 3 N–H and O–H groups in total. The first-order chi connectivity index (χ1) is 8.18. The van der Waals surface area contributed by atoms with Gasteiger partial charge < -0.3 is 15.7 Å². The SMILES string of the molecule is O=C(CCC1CCNC1)NCC1(O)CCCC1. The van der Waals surface area contributed by atoms with Crippen LogP contribution in [0.1, 0.15) is 44.9 Å². The van der Waals surface area contributed by atoms with Crippen LogP contribution < -0.4 is 10.6 Å². The van der Waals surface area contributed by atoms with E-state index in [-0.39, 0.29) is 5.91 Å². The first kappa shape index (κ1) is 12.8. The van der Waals surface area contributed by atoms with Gasteiger partial charge in [0.2, 0.25) is 5.91 Å². The van der Waals surface area contributed by atoms with Gasteiger partial charge >= 0.3 is 0 Å². The normalized spacial score (nSPS) is 27.2. The molecule has 0 aromatic carbocycles. The molecule has 4 nitrogen and oxygen atoms in total. The van der Waals surface area contributed by atoms with Crippen molar-refractivity contribution in [3.8, 4) is 0 Å². The zero-order chi connectivity index (χ0) is 12.1. The summed E-state index contributed by atoms with van der Waals surface area (Å²) in [4.78, 5) is 11.7. The van der Waals surface area contributed by atoms with Gasteiger partial charge in [0, 0.05) is 13.0 Å². The van der Waals surface area contributed by atoms with Gasteiger partial charge in [-0.25, -0.2) is 0 Å². The second-order valence-electron chi connectivity index (χ2n) is 5.61. The van der Waals surface area contributed by atoms with Crippen LogP contribution in [0.15, 0.2) is 0 Å². The fourth-order valence-electron chi connectivity index (χ4n) is 2.86. The Labute approximate surface area is 103 Å². The number of hydrogen-bond acceptors (Lipinski definition) is 3. The number of carbonyl (C=O) groups is 1. The highest BCUT2D eigenvalue weighted by Crippen LogP contribution is 2.28. The largest absolute Gasteiger partial charge is 0.388 e. The van der Waals surface area contributed by atoms with Crippen molar-refractivity contribution in [3.63, 3.8) is 0 Å². The number of amides is 1. The maximum absolute atomic E-state index is 11.7. The molecule has 2 rings (SSSR count).